The van der Waals surface area contributed by atoms with Gasteiger partial charge in [-0.15, -0.1) is 0 Å². The molecular weight excluding hydrogens is 306 g/mol. The Hall–Kier alpha value is -0.860. The van der Waals surface area contributed by atoms with E-state index in [0.29, 0.717) is 11.1 Å². The van der Waals surface area contributed by atoms with Gasteiger partial charge < -0.3 is 0 Å². The van der Waals surface area contributed by atoms with Crippen molar-refractivity contribution in [2.75, 3.05) is 0 Å². The van der Waals surface area contributed by atoms with Gasteiger partial charge in [-0.25, -0.2) is 0 Å². The first-order valence-corrected chi connectivity index (χ1v) is 10.8. The average Bonchev–Trinajstić information content (AvgIpc) is 2.67. The standard InChI is InChI=1S/C23H35NO/c1-20(21-12-5-2-6-13-21)25-24-22(14-7-3-8-15-22)18-11-19-23(24)16-9-4-10-17-23/h2,5-6,12-13,20H,3-4,7-11,14-19H2,1H3. The van der Waals surface area contributed by atoms with E-state index in [-0.39, 0.29) is 6.10 Å². The Bertz CT molecular complexity index is 505. The molecule has 0 radical (unpaired) electrons. The largest absolute Gasteiger partial charge is 0.290 e. The molecule has 4 rings (SSSR count). The lowest BCUT2D eigenvalue weighted by molar-refractivity contribution is -0.330. The zero-order valence-electron chi connectivity index (χ0n) is 16.0. The minimum atomic E-state index is 0.150. The summed E-state index contributed by atoms with van der Waals surface area (Å²) in [4.78, 5) is 6.90. The van der Waals surface area contributed by atoms with Gasteiger partial charge in [-0.3, -0.25) is 4.84 Å². The Labute approximate surface area is 153 Å². The minimum Gasteiger partial charge on any atom is -0.290 e. The highest BCUT2D eigenvalue weighted by molar-refractivity contribution is 5.17. The van der Waals surface area contributed by atoms with E-state index >= 15 is 0 Å². The van der Waals surface area contributed by atoms with Crippen molar-refractivity contribution >= 4 is 0 Å². The quantitative estimate of drug-likeness (QED) is 0.616. The molecule has 3 aliphatic rings. The van der Waals surface area contributed by atoms with Crippen LogP contribution in [-0.4, -0.2) is 16.1 Å². The molecule has 1 heterocycles. The normalized spacial score (nSPS) is 27.4. The smallest absolute Gasteiger partial charge is 0.102 e. The van der Waals surface area contributed by atoms with Crippen molar-refractivity contribution in [1.29, 1.82) is 0 Å². The fourth-order valence-corrected chi connectivity index (χ4v) is 5.95. The third-order valence-corrected chi connectivity index (χ3v) is 7.25. The Balaban J connectivity index is 1.63. The topological polar surface area (TPSA) is 12.5 Å². The molecule has 0 aromatic heterocycles. The van der Waals surface area contributed by atoms with Crippen molar-refractivity contribution in [2.24, 2.45) is 0 Å². The van der Waals surface area contributed by atoms with E-state index in [1.807, 2.05) is 0 Å². The summed E-state index contributed by atoms with van der Waals surface area (Å²) in [5, 5.41) is 2.62. The number of rotatable bonds is 3. The van der Waals surface area contributed by atoms with Gasteiger partial charge in [0.1, 0.15) is 6.10 Å². The van der Waals surface area contributed by atoms with Gasteiger partial charge in [-0.1, -0.05) is 68.9 Å². The molecule has 2 saturated carbocycles. The molecule has 1 aliphatic heterocycles. The van der Waals surface area contributed by atoms with E-state index in [0.717, 1.165) is 0 Å². The van der Waals surface area contributed by atoms with Crippen LogP contribution in [0.15, 0.2) is 30.3 Å². The van der Waals surface area contributed by atoms with Crippen molar-refractivity contribution in [1.82, 2.24) is 5.06 Å². The molecule has 2 heteroatoms. The fraction of sp³-hybridized carbons (Fsp3) is 0.739. The van der Waals surface area contributed by atoms with Gasteiger partial charge in [0.15, 0.2) is 0 Å². The molecule has 2 spiro atoms. The third kappa shape index (κ3) is 3.40. The van der Waals surface area contributed by atoms with Crippen molar-refractivity contribution in [3.05, 3.63) is 35.9 Å². The summed E-state index contributed by atoms with van der Waals surface area (Å²) >= 11 is 0. The first kappa shape index (κ1) is 17.5. The molecule has 0 bridgehead atoms. The van der Waals surface area contributed by atoms with Crippen molar-refractivity contribution in [2.45, 2.75) is 108 Å². The molecule has 3 fully saturated rings. The van der Waals surface area contributed by atoms with Crippen LogP contribution in [-0.2, 0) is 4.84 Å². The van der Waals surface area contributed by atoms with Crippen LogP contribution in [0.4, 0.5) is 0 Å². The summed E-state index contributed by atoms with van der Waals surface area (Å²) in [5.74, 6) is 0. The maximum Gasteiger partial charge on any atom is 0.102 e. The summed E-state index contributed by atoms with van der Waals surface area (Å²) in [6.07, 6.45) is 18.0. The third-order valence-electron chi connectivity index (χ3n) is 7.25. The molecule has 1 unspecified atom stereocenters. The van der Waals surface area contributed by atoms with Crippen LogP contribution in [0.25, 0.3) is 0 Å². The monoisotopic (exact) mass is 341 g/mol. The van der Waals surface area contributed by atoms with E-state index in [9.17, 15) is 0 Å². The van der Waals surface area contributed by atoms with Gasteiger partial charge in [-0.05, 0) is 57.4 Å². The van der Waals surface area contributed by atoms with Crippen molar-refractivity contribution in [3.8, 4) is 0 Å². The highest BCUT2D eigenvalue weighted by Crippen LogP contribution is 2.52. The summed E-state index contributed by atoms with van der Waals surface area (Å²) in [7, 11) is 0. The van der Waals surface area contributed by atoms with Gasteiger partial charge >= 0.3 is 0 Å². The minimum absolute atomic E-state index is 0.150. The maximum absolute atomic E-state index is 6.90. The molecule has 0 amide bonds. The molecule has 2 nitrogen and oxygen atoms in total. The zero-order chi connectivity index (χ0) is 17.2. The molecular formula is C23H35NO. The second-order valence-corrected chi connectivity index (χ2v) is 8.88. The summed E-state index contributed by atoms with van der Waals surface area (Å²) in [5.41, 5.74) is 1.94. The number of hydrogen-bond donors (Lipinski definition) is 0. The number of hydrogen-bond acceptors (Lipinski definition) is 2. The van der Waals surface area contributed by atoms with Crippen LogP contribution in [0.5, 0.6) is 0 Å². The van der Waals surface area contributed by atoms with E-state index < -0.39 is 0 Å². The molecule has 25 heavy (non-hydrogen) atoms. The Kier molecular flexibility index (Phi) is 5.20. The predicted molar refractivity (Wildman–Crippen MR) is 103 cm³/mol. The van der Waals surface area contributed by atoms with Crippen LogP contribution >= 0.6 is 0 Å². The Morgan fingerprint density at radius 3 is 1.72 bits per heavy atom. The van der Waals surface area contributed by atoms with E-state index in [4.69, 9.17) is 4.84 Å². The lowest BCUT2D eigenvalue weighted by Crippen LogP contribution is -2.64. The first-order valence-electron chi connectivity index (χ1n) is 10.8. The van der Waals surface area contributed by atoms with Crippen LogP contribution in [0.3, 0.4) is 0 Å². The maximum atomic E-state index is 6.90. The van der Waals surface area contributed by atoms with E-state index in [1.54, 1.807) is 0 Å². The van der Waals surface area contributed by atoms with Crippen LogP contribution < -0.4 is 0 Å². The van der Waals surface area contributed by atoms with Gasteiger partial charge in [0, 0.05) is 11.1 Å². The van der Waals surface area contributed by atoms with Gasteiger partial charge in [0.25, 0.3) is 0 Å². The summed E-state index contributed by atoms with van der Waals surface area (Å²) < 4.78 is 0. The molecule has 1 aromatic rings. The second kappa shape index (κ2) is 7.40. The molecule has 1 aromatic carbocycles. The fourth-order valence-electron chi connectivity index (χ4n) is 5.95. The number of benzene rings is 1. The first-order chi connectivity index (χ1) is 12.2. The van der Waals surface area contributed by atoms with Crippen LogP contribution in [0.2, 0.25) is 0 Å². The number of hydroxylamine groups is 2. The average molecular weight is 342 g/mol. The number of piperidine rings is 1. The molecule has 138 valence electrons. The van der Waals surface area contributed by atoms with E-state index in [1.165, 1.54) is 89.0 Å². The van der Waals surface area contributed by atoms with Crippen molar-refractivity contribution in [3.63, 3.8) is 0 Å². The lowest BCUT2D eigenvalue weighted by atomic mass is 9.67. The summed E-state index contributed by atoms with van der Waals surface area (Å²) in [6, 6.07) is 10.8. The molecule has 0 N–H and O–H groups in total. The highest BCUT2D eigenvalue weighted by atomic mass is 16.7. The van der Waals surface area contributed by atoms with Crippen molar-refractivity contribution < 1.29 is 4.84 Å². The molecule has 1 atom stereocenters. The Morgan fingerprint density at radius 1 is 0.720 bits per heavy atom. The predicted octanol–water partition coefficient (Wildman–Crippen LogP) is 6.57. The van der Waals surface area contributed by atoms with Gasteiger partial charge in [0.05, 0.1) is 0 Å². The van der Waals surface area contributed by atoms with Crippen LogP contribution in [0, 0.1) is 0 Å². The second-order valence-electron chi connectivity index (χ2n) is 8.88. The Morgan fingerprint density at radius 2 is 1.20 bits per heavy atom. The lowest BCUT2D eigenvalue weighted by Gasteiger charge is -2.60. The SMILES string of the molecule is CC(ON1C2(CCCCC2)CCCC12CCCCC2)c1ccccc1. The van der Waals surface area contributed by atoms with Gasteiger partial charge in [-0.2, -0.15) is 5.06 Å². The van der Waals surface area contributed by atoms with Crippen LogP contribution in [0.1, 0.15) is 102 Å². The van der Waals surface area contributed by atoms with Gasteiger partial charge in [0.2, 0.25) is 0 Å². The number of nitrogens with zero attached hydrogens (tertiary/aromatic N) is 1. The summed E-state index contributed by atoms with van der Waals surface area (Å²) in [6.45, 7) is 2.25. The van der Waals surface area contributed by atoms with E-state index in [2.05, 4.69) is 42.3 Å². The molecule has 1 saturated heterocycles. The highest BCUT2D eigenvalue weighted by Gasteiger charge is 2.53. The zero-order valence-corrected chi connectivity index (χ0v) is 16.0. The molecule has 2 aliphatic carbocycles.